The van der Waals surface area contributed by atoms with E-state index in [0.717, 1.165) is 11.3 Å². The quantitative estimate of drug-likeness (QED) is 0.267. The van der Waals surface area contributed by atoms with E-state index in [1.54, 1.807) is 38.3 Å². The molecule has 1 unspecified atom stereocenters. The average Bonchev–Trinajstić information content (AvgIpc) is 3.14. The first-order valence-electron chi connectivity index (χ1n) is 12.1. The molecule has 2 N–H and O–H groups in total. The number of Topliss-reactive ketones (excluding diaryl/α,β-unsaturated/α-hetero) is 1. The lowest BCUT2D eigenvalue weighted by Gasteiger charge is -2.26. The summed E-state index contributed by atoms with van der Waals surface area (Å²) in [6, 6.07) is 16.3. The molecule has 196 valence electrons. The number of likely N-dealkylation sites (tertiary alicyclic amines) is 1. The monoisotopic (exact) mass is 514 g/mol. The number of amides is 1. The van der Waals surface area contributed by atoms with E-state index in [9.17, 15) is 24.6 Å². The molecule has 38 heavy (non-hydrogen) atoms. The van der Waals surface area contributed by atoms with Crippen molar-refractivity contribution in [2.75, 3.05) is 26.1 Å². The fourth-order valence-corrected chi connectivity index (χ4v) is 4.70. The lowest BCUT2D eigenvalue weighted by atomic mass is 9.93. The van der Waals surface area contributed by atoms with Crippen molar-refractivity contribution in [3.05, 3.63) is 99.6 Å². The van der Waals surface area contributed by atoms with Crippen molar-refractivity contribution in [3.8, 4) is 5.75 Å². The molecule has 1 fully saturated rings. The second kappa shape index (κ2) is 10.4. The predicted octanol–water partition coefficient (Wildman–Crippen LogP) is 4.70. The van der Waals surface area contributed by atoms with Crippen LogP contribution in [0.15, 0.2) is 66.2 Å². The van der Waals surface area contributed by atoms with Crippen molar-refractivity contribution in [1.29, 1.82) is 0 Å². The van der Waals surface area contributed by atoms with Crippen LogP contribution in [0.2, 0.25) is 0 Å². The fourth-order valence-electron chi connectivity index (χ4n) is 4.70. The molecule has 0 saturated carbocycles. The summed E-state index contributed by atoms with van der Waals surface area (Å²) in [6.45, 7) is 3.70. The molecule has 0 aromatic heterocycles. The number of aromatic carboxylic acids is 1. The Morgan fingerprint density at radius 2 is 1.58 bits per heavy atom. The number of hydrogen-bond acceptors (Lipinski definition) is 6. The van der Waals surface area contributed by atoms with Crippen molar-refractivity contribution in [2.24, 2.45) is 0 Å². The van der Waals surface area contributed by atoms with Gasteiger partial charge < -0.3 is 24.7 Å². The molecule has 1 aliphatic rings. The van der Waals surface area contributed by atoms with Crippen LogP contribution in [-0.2, 0) is 16.1 Å². The zero-order valence-electron chi connectivity index (χ0n) is 22.0. The third-order valence-corrected chi connectivity index (χ3v) is 6.82. The molecule has 1 heterocycles. The van der Waals surface area contributed by atoms with Gasteiger partial charge in [-0.1, -0.05) is 24.3 Å². The molecule has 0 aliphatic carbocycles. The number of hydrogen-bond donors (Lipinski definition) is 2. The Morgan fingerprint density at radius 3 is 2.13 bits per heavy atom. The van der Waals surface area contributed by atoms with Gasteiger partial charge >= 0.3 is 5.97 Å². The van der Waals surface area contributed by atoms with Gasteiger partial charge in [0.1, 0.15) is 11.5 Å². The zero-order chi connectivity index (χ0) is 27.7. The second-order valence-electron chi connectivity index (χ2n) is 9.55. The van der Waals surface area contributed by atoms with Crippen molar-refractivity contribution in [1.82, 2.24) is 4.90 Å². The number of ketones is 1. The fraction of sp³-hybridized carbons (Fsp3) is 0.233. The van der Waals surface area contributed by atoms with E-state index in [4.69, 9.17) is 4.74 Å². The molecule has 1 amide bonds. The number of carbonyl (C=O) groups excluding carboxylic acids is 2. The number of aryl methyl sites for hydroxylation is 2. The number of ether oxygens (including phenoxy) is 1. The van der Waals surface area contributed by atoms with E-state index < -0.39 is 23.7 Å². The lowest BCUT2D eigenvalue weighted by Crippen LogP contribution is -2.29. The molecule has 0 radical (unpaired) electrons. The van der Waals surface area contributed by atoms with E-state index in [1.807, 2.05) is 50.2 Å². The van der Waals surface area contributed by atoms with Gasteiger partial charge in [0.15, 0.2) is 0 Å². The number of carboxylic acids is 1. The number of benzene rings is 3. The van der Waals surface area contributed by atoms with Gasteiger partial charge in [-0.05, 0) is 72.5 Å². The van der Waals surface area contributed by atoms with Crippen LogP contribution in [-0.4, -0.2) is 54.0 Å². The normalized spacial score (nSPS) is 16.6. The summed E-state index contributed by atoms with van der Waals surface area (Å²) >= 11 is 0. The number of anilines is 1. The highest BCUT2D eigenvalue weighted by molar-refractivity contribution is 6.46. The topological polar surface area (TPSA) is 107 Å². The summed E-state index contributed by atoms with van der Waals surface area (Å²) in [4.78, 5) is 41.4. The second-order valence-corrected chi connectivity index (χ2v) is 9.55. The molecule has 0 spiro atoms. The van der Waals surface area contributed by atoms with Gasteiger partial charge in [0.25, 0.3) is 11.7 Å². The third-order valence-electron chi connectivity index (χ3n) is 6.82. The summed E-state index contributed by atoms with van der Waals surface area (Å²) in [5, 5.41) is 20.7. The highest BCUT2D eigenvalue weighted by Gasteiger charge is 2.46. The van der Waals surface area contributed by atoms with E-state index in [2.05, 4.69) is 0 Å². The maximum absolute atomic E-state index is 13.4. The molecule has 4 rings (SSSR count). The minimum atomic E-state index is -1.05. The van der Waals surface area contributed by atoms with Crippen molar-refractivity contribution in [2.45, 2.75) is 26.4 Å². The average molecular weight is 515 g/mol. The maximum atomic E-state index is 13.4. The Balaban J connectivity index is 1.86. The van der Waals surface area contributed by atoms with Crippen LogP contribution in [0.3, 0.4) is 0 Å². The number of methoxy groups -OCH3 is 1. The molecule has 1 atom stereocenters. The maximum Gasteiger partial charge on any atom is 0.335 e. The van der Waals surface area contributed by atoms with E-state index in [1.165, 1.54) is 17.0 Å². The van der Waals surface area contributed by atoms with Crippen molar-refractivity contribution >= 4 is 29.1 Å². The SMILES string of the molecule is COc1cc(C)c(/C(O)=C2\C(=O)C(=O)N(Cc3ccc(C(=O)O)cc3)C2c2ccc(N(C)C)cc2)cc1C. The molecule has 1 saturated heterocycles. The summed E-state index contributed by atoms with van der Waals surface area (Å²) in [7, 11) is 5.39. The molecular formula is C30H30N2O6. The van der Waals surface area contributed by atoms with Gasteiger partial charge in [-0.3, -0.25) is 9.59 Å². The zero-order valence-corrected chi connectivity index (χ0v) is 22.0. The van der Waals surface area contributed by atoms with Crippen molar-refractivity contribution in [3.63, 3.8) is 0 Å². The standard InChI is InChI=1S/C30H30N2O6/c1-17-15-24(38-5)18(2)14-23(17)27(33)25-26(20-10-12-22(13-11-20)31(3)4)32(29(35)28(25)34)16-19-6-8-21(9-7-19)30(36)37/h6-15,26,33H,16H2,1-5H3,(H,36,37)/b27-25+. The Morgan fingerprint density at radius 1 is 0.947 bits per heavy atom. The molecule has 3 aromatic carbocycles. The van der Waals surface area contributed by atoms with Gasteiger partial charge in [-0.25, -0.2) is 4.79 Å². The van der Waals surface area contributed by atoms with E-state index in [-0.39, 0.29) is 23.4 Å². The predicted molar refractivity (Wildman–Crippen MR) is 144 cm³/mol. The lowest BCUT2D eigenvalue weighted by molar-refractivity contribution is -0.140. The van der Waals surface area contributed by atoms with Crippen molar-refractivity contribution < 1.29 is 29.3 Å². The molecule has 3 aromatic rings. The molecule has 8 heteroatoms. The highest BCUT2D eigenvalue weighted by atomic mass is 16.5. The van der Waals surface area contributed by atoms with Gasteiger partial charge in [0.05, 0.1) is 24.3 Å². The van der Waals surface area contributed by atoms with Crippen LogP contribution in [0, 0.1) is 13.8 Å². The Labute approximate surface area is 221 Å². The van der Waals surface area contributed by atoms with Crippen LogP contribution in [0.1, 0.15) is 44.2 Å². The Hall–Kier alpha value is -4.59. The smallest absolute Gasteiger partial charge is 0.335 e. The largest absolute Gasteiger partial charge is 0.507 e. The first-order valence-corrected chi connectivity index (χ1v) is 12.1. The van der Waals surface area contributed by atoms with Gasteiger partial charge in [0.2, 0.25) is 0 Å². The van der Waals surface area contributed by atoms with Crippen LogP contribution < -0.4 is 9.64 Å². The number of carboxylic acid groups (broad SMARTS) is 1. The summed E-state index contributed by atoms with van der Waals surface area (Å²) in [5.74, 6) is -2.17. The number of aliphatic hydroxyl groups excluding tert-OH is 1. The summed E-state index contributed by atoms with van der Waals surface area (Å²) in [5.41, 5.74) is 4.31. The molecule has 0 bridgehead atoms. The highest BCUT2D eigenvalue weighted by Crippen LogP contribution is 2.41. The third kappa shape index (κ3) is 4.85. The van der Waals surface area contributed by atoms with Gasteiger partial charge in [0, 0.05) is 31.9 Å². The molecule has 8 nitrogen and oxygen atoms in total. The van der Waals surface area contributed by atoms with Crippen LogP contribution in [0.25, 0.3) is 5.76 Å². The number of rotatable bonds is 7. The van der Waals surface area contributed by atoms with E-state index >= 15 is 0 Å². The van der Waals surface area contributed by atoms with Gasteiger partial charge in [-0.2, -0.15) is 0 Å². The number of nitrogens with zero attached hydrogens (tertiary/aromatic N) is 2. The first kappa shape index (κ1) is 26.5. The molecular weight excluding hydrogens is 484 g/mol. The van der Waals surface area contributed by atoms with E-state index in [0.29, 0.717) is 28.0 Å². The minimum Gasteiger partial charge on any atom is -0.507 e. The van der Waals surface area contributed by atoms with Crippen LogP contribution >= 0.6 is 0 Å². The van der Waals surface area contributed by atoms with Crippen LogP contribution in [0.5, 0.6) is 5.75 Å². The minimum absolute atomic E-state index is 0.00225. The summed E-state index contributed by atoms with van der Waals surface area (Å²) in [6.07, 6.45) is 0. The number of aliphatic hydroxyl groups is 1. The first-order chi connectivity index (χ1) is 18.0. The Bertz CT molecular complexity index is 1440. The summed E-state index contributed by atoms with van der Waals surface area (Å²) < 4.78 is 5.38. The Kier molecular flexibility index (Phi) is 7.26. The molecule has 1 aliphatic heterocycles. The van der Waals surface area contributed by atoms with Crippen LogP contribution in [0.4, 0.5) is 5.69 Å². The van der Waals surface area contributed by atoms with Gasteiger partial charge in [-0.15, -0.1) is 0 Å². The number of carbonyl (C=O) groups is 3.